The Bertz CT molecular complexity index is 929. The van der Waals surface area contributed by atoms with E-state index in [4.69, 9.17) is 28.8 Å². The molecule has 0 saturated heterocycles. The van der Waals surface area contributed by atoms with Gasteiger partial charge in [-0.1, -0.05) is 24.3 Å². The van der Waals surface area contributed by atoms with Crippen LogP contribution in [-0.2, 0) is 23.7 Å². The molecule has 0 spiro atoms. The molecule has 184 valence electrons. The fourth-order valence-electron chi connectivity index (χ4n) is 2.56. The largest absolute Gasteiger partial charge is 0.478 e. The van der Waals surface area contributed by atoms with Crippen molar-refractivity contribution < 1.29 is 48.0 Å². The highest BCUT2D eigenvalue weighted by molar-refractivity contribution is 6.03. The molecule has 10 heteroatoms. The first-order valence-electron chi connectivity index (χ1n) is 10.3. The summed E-state index contributed by atoms with van der Waals surface area (Å²) in [6.07, 6.45) is -0.675. The van der Waals surface area contributed by atoms with E-state index < -0.39 is 30.2 Å². The van der Waals surface area contributed by atoms with Crippen molar-refractivity contribution in [2.24, 2.45) is 0 Å². The average molecular weight is 476 g/mol. The molecular formula is C24H28O10. The zero-order valence-electron chi connectivity index (χ0n) is 19.4. The lowest BCUT2D eigenvalue weighted by molar-refractivity contribution is -0.129. The number of hydrogen-bond acceptors (Lipinski definition) is 9. The third-order valence-electron chi connectivity index (χ3n) is 4.17. The molecule has 0 atom stereocenters. The summed E-state index contributed by atoms with van der Waals surface area (Å²) in [5, 5.41) is 8.93. The van der Waals surface area contributed by atoms with E-state index in [0.29, 0.717) is 0 Å². The molecule has 2 rings (SSSR count). The number of hydrogen-bond donors (Lipinski definition) is 1. The van der Waals surface area contributed by atoms with Crippen molar-refractivity contribution in [2.75, 3.05) is 34.0 Å². The monoisotopic (exact) mass is 476 g/mol. The topological polar surface area (TPSA) is 135 Å². The van der Waals surface area contributed by atoms with E-state index in [1.54, 1.807) is 44.2 Å². The zero-order valence-corrected chi connectivity index (χ0v) is 19.4. The summed E-state index contributed by atoms with van der Waals surface area (Å²) in [5.41, 5.74) is 0.371. The van der Waals surface area contributed by atoms with Gasteiger partial charge in [-0.25, -0.2) is 19.2 Å². The van der Waals surface area contributed by atoms with Gasteiger partial charge >= 0.3 is 23.9 Å². The van der Waals surface area contributed by atoms with Crippen LogP contribution in [0, 0.1) is 0 Å². The first-order chi connectivity index (χ1) is 16.3. The van der Waals surface area contributed by atoms with E-state index in [2.05, 4.69) is 0 Å². The lowest BCUT2D eigenvalue weighted by atomic mass is 10.1. The van der Waals surface area contributed by atoms with Gasteiger partial charge in [-0.05, 0) is 38.1 Å². The van der Waals surface area contributed by atoms with E-state index in [1.807, 2.05) is 0 Å². The zero-order chi connectivity index (χ0) is 25.5. The maximum Gasteiger partial charge on any atom is 0.339 e. The number of aromatic carboxylic acids is 1. The molecule has 2 aromatic carbocycles. The van der Waals surface area contributed by atoms with Crippen LogP contribution in [0.5, 0.6) is 0 Å². The highest BCUT2D eigenvalue weighted by atomic mass is 16.7. The van der Waals surface area contributed by atoms with Crippen LogP contribution in [0.4, 0.5) is 0 Å². The van der Waals surface area contributed by atoms with Gasteiger partial charge in [-0.2, -0.15) is 0 Å². The van der Waals surface area contributed by atoms with Gasteiger partial charge in [0, 0.05) is 14.2 Å². The molecule has 0 amide bonds. The molecule has 0 aromatic heterocycles. The van der Waals surface area contributed by atoms with E-state index in [-0.39, 0.29) is 42.1 Å². The highest BCUT2D eigenvalue weighted by Gasteiger charge is 2.19. The number of carbonyl (C=O) groups excluding carboxylic acids is 3. The molecule has 0 unspecified atom stereocenters. The Labute approximate surface area is 197 Å². The maximum absolute atomic E-state index is 11.7. The lowest BCUT2D eigenvalue weighted by Gasteiger charge is -2.13. The van der Waals surface area contributed by atoms with E-state index in [9.17, 15) is 19.2 Å². The van der Waals surface area contributed by atoms with Crippen molar-refractivity contribution in [1.82, 2.24) is 0 Å². The normalized spacial score (nSPS) is 10.0. The molecule has 0 fully saturated rings. The van der Waals surface area contributed by atoms with Crippen molar-refractivity contribution >= 4 is 23.9 Å². The number of carboxylic acid groups (broad SMARTS) is 1. The molecule has 0 aliphatic heterocycles. The van der Waals surface area contributed by atoms with Gasteiger partial charge in [0.2, 0.25) is 0 Å². The van der Waals surface area contributed by atoms with Crippen LogP contribution in [0.1, 0.15) is 55.3 Å². The van der Waals surface area contributed by atoms with Crippen LogP contribution >= 0.6 is 0 Å². The fraction of sp³-hybridized carbons (Fsp3) is 0.333. The molecule has 2 aromatic rings. The van der Waals surface area contributed by atoms with E-state index >= 15 is 0 Å². The Morgan fingerprint density at radius 2 is 1.03 bits per heavy atom. The molecule has 0 heterocycles. The molecular weight excluding hydrogens is 448 g/mol. The molecule has 0 aliphatic carbocycles. The quantitative estimate of drug-likeness (QED) is 0.309. The van der Waals surface area contributed by atoms with Gasteiger partial charge in [0.1, 0.15) is 6.61 Å². The predicted molar refractivity (Wildman–Crippen MR) is 120 cm³/mol. The number of esters is 3. The summed E-state index contributed by atoms with van der Waals surface area (Å²) in [4.78, 5) is 45.7. The third-order valence-corrected chi connectivity index (χ3v) is 4.17. The van der Waals surface area contributed by atoms with Gasteiger partial charge in [-0.3, -0.25) is 0 Å². The number of carboxylic acids is 1. The van der Waals surface area contributed by atoms with Crippen LogP contribution < -0.4 is 0 Å². The van der Waals surface area contributed by atoms with Crippen molar-refractivity contribution in [3.05, 3.63) is 70.8 Å². The predicted octanol–water partition coefficient (Wildman–Crippen LogP) is 3.20. The Morgan fingerprint density at radius 3 is 1.38 bits per heavy atom. The Hall–Kier alpha value is -3.76. The summed E-state index contributed by atoms with van der Waals surface area (Å²) in [7, 11) is 2.82. The second-order valence-electron chi connectivity index (χ2n) is 6.34. The van der Waals surface area contributed by atoms with Crippen molar-refractivity contribution in [3.63, 3.8) is 0 Å². The first kappa shape index (κ1) is 28.3. The van der Waals surface area contributed by atoms with Gasteiger partial charge < -0.3 is 28.8 Å². The number of carbonyl (C=O) groups is 4. The molecule has 1 N–H and O–H groups in total. The smallest absolute Gasteiger partial charge is 0.339 e. The van der Waals surface area contributed by atoms with Gasteiger partial charge in [0.05, 0.1) is 35.5 Å². The number of ether oxygens (including phenoxy) is 5. The summed E-state index contributed by atoms with van der Waals surface area (Å²) >= 11 is 0. The average Bonchev–Trinajstić information content (AvgIpc) is 2.85. The molecule has 0 saturated carbocycles. The van der Waals surface area contributed by atoms with Crippen molar-refractivity contribution in [3.8, 4) is 0 Å². The van der Waals surface area contributed by atoms with E-state index in [1.165, 1.54) is 32.4 Å². The van der Waals surface area contributed by atoms with Crippen molar-refractivity contribution in [1.29, 1.82) is 0 Å². The Kier molecular flexibility index (Phi) is 12.6. The maximum atomic E-state index is 11.7. The first-order valence-corrected chi connectivity index (χ1v) is 10.3. The SMILES string of the molecule is CCOC(=O)c1ccccc1C(=O)OCC.COC(COC(=O)c1ccccc1C(=O)O)OC. The van der Waals surface area contributed by atoms with Gasteiger partial charge in [0.15, 0.2) is 6.29 Å². The van der Waals surface area contributed by atoms with E-state index in [0.717, 1.165) is 0 Å². The number of benzene rings is 2. The highest BCUT2D eigenvalue weighted by Crippen LogP contribution is 2.12. The standard InChI is InChI=1S/C12H14O6.C12H14O4/c1-16-10(17-2)7-18-12(15)9-6-4-3-5-8(9)11(13)14;1-3-15-11(13)9-7-5-6-8-10(9)12(14)16-4-2/h3-6,10H,7H2,1-2H3,(H,13,14);5-8H,3-4H2,1-2H3. The summed E-state index contributed by atoms with van der Waals surface area (Å²) in [6, 6.07) is 12.3. The Morgan fingerprint density at radius 1 is 0.676 bits per heavy atom. The summed E-state index contributed by atoms with van der Waals surface area (Å²) in [6.45, 7) is 3.86. The fourth-order valence-corrected chi connectivity index (χ4v) is 2.56. The molecule has 10 nitrogen and oxygen atoms in total. The lowest BCUT2D eigenvalue weighted by Crippen LogP contribution is -2.23. The minimum absolute atomic E-state index is 0.00374. The number of methoxy groups -OCH3 is 2. The van der Waals surface area contributed by atoms with Crippen LogP contribution in [0.15, 0.2) is 48.5 Å². The molecule has 0 radical (unpaired) electrons. The van der Waals surface area contributed by atoms with Gasteiger partial charge in [0.25, 0.3) is 0 Å². The van der Waals surface area contributed by atoms with Crippen LogP contribution in [0.2, 0.25) is 0 Å². The second kappa shape index (κ2) is 15.1. The summed E-state index contributed by atoms with van der Waals surface area (Å²) in [5.74, 6) is -2.93. The second-order valence-corrected chi connectivity index (χ2v) is 6.34. The third kappa shape index (κ3) is 8.64. The minimum atomic E-state index is -1.18. The van der Waals surface area contributed by atoms with Crippen LogP contribution in [0.3, 0.4) is 0 Å². The minimum Gasteiger partial charge on any atom is -0.478 e. The van der Waals surface area contributed by atoms with Crippen molar-refractivity contribution in [2.45, 2.75) is 20.1 Å². The van der Waals surface area contributed by atoms with Gasteiger partial charge in [-0.15, -0.1) is 0 Å². The summed E-state index contributed by atoms with van der Waals surface area (Å²) < 4.78 is 24.3. The Balaban J connectivity index is 0.000000342. The molecule has 34 heavy (non-hydrogen) atoms. The number of rotatable bonds is 10. The molecule has 0 aliphatic rings. The molecule has 0 bridgehead atoms. The van der Waals surface area contributed by atoms with Crippen LogP contribution in [0.25, 0.3) is 0 Å². The van der Waals surface area contributed by atoms with Crippen LogP contribution in [-0.4, -0.2) is 69.3 Å².